The lowest BCUT2D eigenvalue weighted by Crippen LogP contribution is -2.27. The largest absolute Gasteiger partial charge is 0.496 e. The van der Waals surface area contributed by atoms with Crippen LogP contribution in [0.4, 0.5) is 0 Å². The monoisotopic (exact) mass is 320 g/mol. The van der Waals surface area contributed by atoms with Crippen LogP contribution in [0.3, 0.4) is 0 Å². The van der Waals surface area contributed by atoms with Crippen LogP contribution in [0, 0.1) is 0 Å². The molecule has 6 heteroatoms. The molecule has 0 aliphatic rings. The summed E-state index contributed by atoms with van der Waals surface area (Å²) in [5, 5.41) is 0.186. The number of ether oxygens (including phenoxy) is 2. The summed E-state index contributed by atoms with van der Waals surface area (Å²) in [4.78, 5) is 18.0. The van der Waals surface area contributed by atoms with Crippen LogP contribution < -0.4 is 9.47 Å². The minimum Gasteiger partial charge on any atom is -0.496 e. The first kappa shape index (κ1) is 16.1. The second-order valence-electron chi connectivity index (χ2n) is 4.64. The minimum atomic E-state index is -0.217. The first-order chi connectivity index (χ1) is 10.6. The predicted octanol–water partition coefficient (Wildman–Crippen LogP) is 3.02. The Labute approximate surface area is 134 Å². The van der Waals surface area contributed by atoms with Gasteiger partial charge in [0, 0.05) is 13.2 Å². The smallest absolute Gasteiger partial charge is 0.257 e. The van der Waals surface area contributed by atoms with Crippen molar-refractivity contribution in [3.63, 3.8) is 0 Å². The fourth-order valence-electron chi connectivity index (χ4n) is 2.14. The van der Waals surface area contributed by atoms with Crippen molar-refractivity contribution in [2.24, 2.45) is 0 Å². The van der Waals surface area contributed by atoms with E-state index in [0.717, 1.165) is 5.56 Å². The fourth-order valence-corrected chi connectivity index (χ4v) is 2.34. The molecule has 22 heavy (non-hydrogen) atoms. The molecule has 0 aliphatic carbocycles. The van der Waals surface area contributed by atoms with E-state index in [1.165, 1.54) is 0 Å². The number of hydrogen-bond donors (Lipinski definition) is 0. The second-order valence-corrected chi connectivity index (χ2v) is 5.00. The Balaban J connectivity index is 2.27. The maximum absolute atomic E-state index is 12.5. The summed E-state index contributed by atoms with van der Waals surface area (Å²) in [7, 11) is 4.85. The highest BCUT2D eigenvalue weighted by Gasteiger charge is 2.19. The van der Waals surface area contributed by atoms with E-state index in [-0.39, 0.29) is 11.1 Å². The van der Waals surface area contributed by atoms with E-state index in [4.69, 9.17) is 21.1 Å². The molecule has 5 nitrogen and oxygen atoms in total. The first-order valence-corrected chi connectivity index (χ1v) is 7.02. The number of hydrogen-bond acceptors (Lipinski definition) is 4. The van der Waals surface area contributed by atoms with Crippen LogP contribution >= 0.6 is 11.6 Å². The summed E-state index contributed by atoms with van der Waals surface area (Å²) in [5.41, 5.74) is 1.16. The normalized spacial score (nSPS) is 10.2. The Morgan fingerprint density at radius 2 is 1.82 bits per heavy atom. The van der Waals surface area contributed by atoms with Gasteiger partial charge in [0.05, 0.1) is 31.9 Å². The van der Waals surface area contributed by atoms with Crippen LogP contribution in [0.25, 0.3) is 0 Å². The van der Waals surface area contributed by atoms with Crippen molar-refractivity contribution in [2.75, 3.05) is 21.3 Å². The van der Waals surface area contributed by atoms with Gasteiger partial charge in [0.15, 0.2) is 0 Å². The van der Waals surface area contributed by atoms with Crippen molar-refractivity contribution < 1.29 is 14.3 Å². The number of amides is 1. The molecule has 1 heterocycles. The molecule has 0 unspecified atom stereocenters. The molecule has 0 N–H and O–H groups in total. The molecule has 0 spiro atoms. The van der Waals surface area contributed by atoms with E-state index in [1.807, 2.05) is 18.2 Å². The lowest BCUT2D eigenvalue weighted by Gasteiger charge is -2.21. The number of pyridine rings is 1. The van der Waals surface area contributed by atoms with E-state index in [0.29, 0.717) is 23.6 Å². The number of rotatable bonds is 5. The molecule has 0 radical (unpaired) electrons. The van der Waals surface area contributed by atoms with Crippen LogP contribution in [0.2, 0.25) is 5.15 Å². The van der Waals surface area contributed by atoms with Crippen LogP contribution in [0.5, 0.6) is 11.5 Å². The van der Waals surface area contributed by atoms with Gasteiger partial charge in [0.1, 0.15) is 16.7 Å². The number of carbonyl (C=O) groups is 1. The van der Waals surface area contributed by atoms with Crippen molar-refractivity contribution >= 4 is 17.5 Å². The number of aromatic nitrogens is 1. The Kier molecular flexibility index (Phi) is 5.22. The molecular formula is C16H17ClN2O3. The third kappa shape index (κ3) is 3.31. The molecule has 0 atom stereocenters. The van der Waals surface area contributed by atoms with Gasteiger partial charge in [0.2, 0.25) is 0 Å². The van der Waals surface area contributed by atoms with E-state index in [2.05, 4.69) is 4.98 Å². The summed E-state index contributed by atoms with van der Waals surface area (Å²) in [6.45, 7) is 0.331. The molecule has 1 aromatic heterocycles. The highest BCUT2D eigenvalue weighted by Crippen LogP contribution is 2.29. The summed E-state index contributed by atoms with van der Waals surface area (Å²) in [5.74, 6) is 1.11. The van der Waals surface area contributed by atoms with Gasteiger partial charge in [-0.2, -0.15) is 0 Å². The standard InChI is InChI=1S/C16H17ClN2O3/c1-19(16(20)11-6-5-9-18-15(11)17)10-12-13(21-2)7-4-8-14(12)22-3/h4-9H,10H2,1-3H3. The van der Waals surface area contributed by atoms with Gasteiger partial charge in [-0.3, -0.25) is 4.79 Å². The van der Waals surface area contributed by atoms with Crippen molar-refractivity contribution in [1.82, 2.24) is 9.88 Å². The van der Waals surface area contributed by atoms with Crippen molar-refractivity contribution in [3.05, 3.63) is 52.8 Å². The number of nitrogens with zero attached hydrogens (tertiary/aromatic N) is 2. The van der Waals surface area contributed by atoms with Gasteiger partial charge in [-0.05, 0) is 24.3 Å². The summed E-state index contributed by atoms with van der Waals surface area (Å²) >= 11 is 5.98. The first-order valence-electron chi connectivity index (χ1n) is 6.64. The summed E-state index contributed by atoms with van der Waals surface area (Å²) in [6, 6.07) is 8.81. The molecule has 0 bridgehead atoms. The Hall–Kier alpha value is -2.27. The quantitative estimate of drug-likeness (QED) is 0.795. The van der Waals surface area contributed by atoms with Gasteiger partial charge in [0.25, 0.3) is 5.91 Å². The number of carbonyl (C=O) groups excluding carboxylic acids is 1. The fraction of sp³-hybridized carbons (Fsp3) is 0.250. The van der Waals surface area contributed by atoms with Crippen LogP contribution in [-0.2, 0) is 6.54 Å². The molecule has 2 rings (SSSR count). The highest BCUT2D eigenvalue weighted by molar-refractivity contribution is 6.32. The lowest BCUT2D eigenvalue weighted by atomic mass is 10.1. The maximum Gasteiger partial charge on any atom is 0.257 e. The number of methoxy groups -OCH3 is 2. The van der Waals surface area contributed by atoms with Crippen LogP contribution in [0.15, 0.2) is 36.5 Å². The zero-order valence-electron chi connectivity index (χ0n) is 12.7. The molecule has 0 fully saturated rings. The van der Waals surface area contributed by atoms with Gasteiger partial charge in [-0.1, -0.05) is 17.7 Å². The third-order valence-corrected chi connectivity index (χ3v) is 3.56. The number of benzene rings is 1. The molecule has 0 saturated carbocycles. The molecule has 0 saturated heterocycles. The van der Waals surface area contributed by atoms with E-state index >= 15 is 0 Å². The van der Waals surface area contributed by atoms with Gasteiger partial charge in [-0.25, -0.2) is 4.98 Å². The third-order valence-electron chi connectivity index (χ3n) is 3.26. The average molecular weight is 321 g/mol. The minimum absolute atomic E-state index is 0.186. The Bertz CT molecular complexity index is 654. The van der Waals surface area contributed by atoms with Gasteiger partial charge >= 0.3 is 0 Å². The highest BCUT2D eigenvalue weighted by atomic mass is 35.5. The Morgan fingerprint density at radius 3 is 2.36 bits per heavy atom. The zero-order valence-corrected chi connectivity index (χ0v) is 13.4. The van der Waals surface area contributed by atoms with Crippen LogP contribution in [-0.4, -0.2) is 37.1 Å². The molecule has 1 amide bonds. The van der Waals surface area contributed by atoms with E-state index in [1.54, 1.807) is 44.5 Å². The number of halogens is 1. The molecular weight excluding hydrogens is 304 g/mol. The molecule has 0 aliphatic heterocycles. The zero-order chi connectivity index (χ0) is 16.1. The average Bonchev–Trinajstić information content (AvgIpc) is 2.54. The lowest BCUT2D eigenvalue weighted by molar-refractivity contribution is 0.0783. The van der Waals surface area contributed by atoms with Crippen LogP contribution in [0.1, 0.15) is 15.9 Å². The molecule has 2 aromatic rings. The van der Waals surface area contributed by atoms with Crippen molar-refractivity contribution in [2.45, 2.75) is 6.54 Å². The van der Waals surface area contributed by atoms with Crippen molar-refractivity contribution in [1.29, 1.82) is 0 Å². The molecule has 116 valence electrons. The Morgan fingerprint density at radius 1 is 1.18 bits per heavy atom. The van der Waals surface area contributed by atoms with Crippen molar-refractivity contribution in [3.8, 4) is 11.5 Å². The molecule has 1 aromatic carbocycles. The van der Waals surface area contributed by atoms with E-state index in [9.17, 15) is 4.79 Å². The van der Waals surface area contributed by atoms with E-state index < -0.39 is 0 Å². The van der Waals surface area contributed by atoms with Gasteiger partial charge in [-0.15, -0.1) is 0 Å². The maximum atomic E-state index is 12.5. The SMILES string of the molecule is COc1cccc(OC)c1CN(C)C(=O)c1cccnc1Cl. The predicted molar refractivity (Wildman–Crippen MR) is 84.6 cm³/mol. The second kappa shape index (κ2) is 7.13. The summed E-state index contributed by atoms with van der Waals surface area (Å²) in [6.07, 6.45) is 1.54. The topological polar surface area (TPSA) is 51.7 Å². The summed E-state index contributed by atoms with van der Waals surface area (Å²) < 4.78 is 10.7. The van der Waals surface area contributed by atoms with Gasteiger partial charge < -0.3 is 14.4 Å².